The molecule has 1 saturated heterocycles. The lowest BCUT2D eigenvalue weighted by molar-refractivity contribution is -0.120. The van der Waals surface area contributed by atoms with Gasteiger partial charge in [0.1, 0.15) is 4.88 Å². The van der Waals surface area contributed by atoms with E-state index in [1.165, 1.54) is 22.8 Å². The summed E-state index contributed by atoms with van der Waals surface area (Å²) < 4.78 is 32.6. The van der Waals surface area contributed by atoms with Gasteiger partial charge in [0.2, 0.25) is 15.9 Å². The highest BCUT2D eigenvalue weighted by molar-refractivity contribution is 7.89. The number of carbonyl (C=O) groups is 2. The van der Waals surface area contributed by atoms with Crippen molar-refractivity contribution in [1.29, 1.82) is 0 Å². The molecule has 0 aliphatic carbocycles. The van der Waals surface area contributed by atoms with Gasteiger partial charge in [0.25, 0.3) is 0 Å². The summed E-state index contributed by atoms with van der Waals surface area (Å²) in [5, 5.41) is 4.50. The zero-order valence-corrected chi connectivity index (χ0v) is 19.2. The molecular formula is C21H26N2O5S2. The second kappa shape index (κ2) is 8.87. The molecule has 1 fully saturated rings. The summed E-state index contributed by atoms with van der Waals surface area (Å²) in [7, 11) is -2.33. The van der Waals surface area contributed by atoms with Crippen molar-refractivity contribution in [1.82, 2.24) is 4.31 Å². The average molecular weight is 451 g/mol. The first kappa shape index (κ1) is 22.5. The number of carbonyl (C=O) groups excluding carboxylic acids is 2. The second-order valence-electron chi connectivity index (χ2n) is 7.55. The van der Waals surface area contributed by atoms with Crippen LogP contribution in [0, 0.1) is 26.7 Å². The molecule has 0 atom stereocenters. The zero-order chi connectivity index (χ0) is 22.1. The van der Waals surface area contributed by atoms with Crippen molar-refractivity contribution in [3.8, 4) is 0 Å². The van der Waals surface area contributed by atoms with E-state index < -0.39 is 16.0 Å². The minimum Gasteiger partial charge on any atom is -0.465 e. The fraction of sp³-hybridized carbons (Fsp3) is 0.429. The van der Waals surface area contributed by atoms with E-state index in [-0.39, 0.29) is 24.9 Å². The predicted octanol–water partition coefficient (Wildman–Crippen LogP) is 3.50. The number of anilines is 1. The normalized spacial score (nSPS) is 15.7. The molecule has 30 heavy (non-hydrogen) atoms. The summed E-state index contributed by atoms with van der Waals surface area (Å²) in [5.74, 6) is -1.02. The van der Waals surface area contributed by atoms with Crippen LogP contribution in [0.15, 0.2) is 28.5 Å². The lowest BCUT2D eigenvalue weighted by Crippen LogP contribution is -2.41. The van der Waals surface area contributed by atoms with Crippen molar-refractivity contribution >= 4 is 38.9 Å². The summed E-state index contributed by atoms with van der Waals surface area (Å²) in [6.07, 6.45) is 0.847. The van der Waals surface area contributed by atoms with Crippen molar-refractivity contribution in [3.05, 3.63) is 45.1 Å². The summed E-state index contributed by atoms with van der Waals surface area (Å²) in [5.41, 5.74) is 2.93. The van der Waals surface area contributed by atoms with E-state index in [1.54, 1.807) is 11.4 Å². The van der Waals surface area contributed by atoms with Crippen molar-refractivity contribution in [2.24, 2.45) is 5.92 Å². The van der Waals surface area contributed by atoms with Crippen molar-refractivity contribution in [2.45, 2.75) is 38.5 Å². The maximum atomic E-state index is 13.2. The molecule has 0 spiro atoms. The molecule has 0 saturated carbocycles. The van der Waals surface area contributed by atoms with Crippen LogP contribution in [-0.2, 0) is 19.6 Å². The van der Waals surface area contributed by atoms with Crippen molar-refractivity contribution in [3.63, 3.8) is 0 Å². The number of thiophene rings is 1. The fourth-order valence-corrected chi connectivity index (χ4v) is 6.60. The SMILES string of the molecule is COC(=O)c1sccc1NC(=O)C1CCN(S(=O)(=O)c2c(C)cc(C)cc2C)CC1. The Balaban J connectivity index is 1.68. The van der Waals surface area contributed by atoms with Crippen LogP contribution < -0.4 is 5.32 Å². The maximum absolute atomic E-state index is 13.2. The molecule has 0 bridgehead atoms. The number of aryl methyl sites for hydroxylation is 3. The molecule has 162 valence electrons. The number of nitrogens with zero attached hydrogens (tertiary/aromatic N) is 1. The number of amides is 1. The molecule has 1 aliphatic rings. The minimum absolute atomic E-state index is 0.210. The van der Waals surface area contributed by atoms with Gasteiger partial charge in [-0.25, -0.2) is 13.2 Å². The molecule has 1 aliphatic heterocycles. The first-order chi connectivity index (χ1) is 14.1. The standard InChI is InChI=1S/C21H26N2O5S2/c1-13-11-14(2)19(15(3)12-13)30(26,27)23-8-5-16(6-9-23)20(24)22-17-7-10-29-18(17)21(25)28-4/h7,10-12,16H,5-6,8-9H2,1-4H3,(H,22,24). The lowest BCUT2D eigenvalue weighted by Gasteiger charge is -2.31. The van der Waals surface area contributed by atoms with E-state index in [0.717, 1.165) is 16.7 Å². The zero-order valence-electron chi connectivity index (χ0n) is 17.5. The third-order valence-electron chi connectivity index (χ3n) is 5.32. The quantitative estimate of drug-likeness (QED) is 0.704. The Labute approximate surface area is 181 Å². The van der Waals surface area contributed by atoms with Crippen LogP contribution in [0.4, 0.5) is 5.69 Å². The molecule has 7 nitrogen and oxygen atoms in total. The van der Waals surface area contributed by atoms with E-state index in [0.29, 0.717) is 28.3 Å². The Morgan fingerprint density at radius 3 is 2.30 bits per heavy atom. The van der Waals surface area contributed by atoms with Crippen molar-refractivity contribution in [2.75, 3.05) is 25.5 Å². The molecular weight excluding hydrogens is 424 g/mol. The van der Waals surface area contributed by atoms with Crippen LogP contribution in [0.3, 0.4) is 0 Å². The van der Waals surface area contributed by atoms with Gasteiger partial charge in [0, 0.05) is 19.0 Å². The molecule has 2 heterocycles. The van der Waals surface area contributed by atoms with E-state index >= 15 is 0 Å². The average Bonchev–Trinajstić information content (AvgIpc) is 3.14. The molecule has 9 heteroatoms. The highest BCUT2D eigenvalue weighted by atomic mass is 32.2. The summed E-state index contributed by atoms with van der Waals surface area (Å²) in [6, 6.07) is 5.41. The number of benzene rings is 1. The number of methoxy groups -OCH3 is 1. The van der Waals surface area contributed by atoms with Gasteiger partial charge >= 0.3 is 5.97 Å². The number of sulfonamides is 1. The van der Waals surface area contributed by atoms with Gasteiger partial charge in [-0.2, -0.15) is 4.31 Å². The lowest BCUT2D eigenvalue weighted by atomic mass is 9.97. The smallest absolute Gasteiger partial charge is 0.350 e. The van der Waals surface area contributed by atoms with Crippen LogP contribution >= 0.6 is 11.3 Å². The minimum atomic E-state index is -3.62. The predicted molar refractivity (Wildman–Crippen MR) is 116 cm³/mol. The molecule has 1 N–H and O–H groups in total. The van der Waals surface area contributed by atoms with Crippen LogP contribution in [0.5, 0.6) is 0 Å². The third-order valence-corrected chi connectivity index (χ3v) is 8.42. The Kier molecular flexibility index (Phi) is 6.64. The van der Waals surface area contributed by atoms with Gasteiger partial charge in [0.05, 0.1) is 17.7 Å². The highest BCUT2D eigenvalue weighted by Gasteiger charge is 2.34. The number of rotatable bonds is 5. The number of nitrogens with one attached hydrogen (secondary N) is 1. The fourth-order valence-electron chi connectivity index (χ4n) is 3.95. The maximum Gasteiger partial charge on any atom is 0.350 e. The van der Waals surface area contributed by atoms with Crippen LogP contribution in [0.25, 0.3) is 0 Å². The number of esters is 1. The second-order valence-corrected chi connectivity index (χ2v) is 10.3. The van der Waals surface area contributed by atoms with Crippen LogP contribution in [0.2, 0.25) is 0 Å². The number of hydrogen-bond donors (Lipinski definition) is 1. The number of ether oxygens (including phenoxy) is 1. The molecule has 3 rings (SSSR count). The van der Waals surface area contributed by atoms with Crippen molar-refractivity contribution < 1.29 is 22.7 Å². The Hall–Kier alpha value is -2.23. The van der Waals surface area contributed by atoms with Gasteiger partial charge in [0.15, 0.2) is 0 Å². The van der Waals surface area contributed by atoms with Crippen LogP contribution in [-0.4, -0.2) is 44.8 Å². The monoisotopic (exact) mass is 450 g/mol. The number of hydrogen-bond acceptors (Lipinski definition) is 6. The molecule has 0 unspecified atom stereocenters. The Morgan fingerprint density at radius 2 is 1.73 bits per heavy atom. The molecule has 0 radical (unpaired) electrons. The molecule has 2 aromatic rings. The van der Waals surface area contributed by atoms with E-state index in [1.807, 2.05) is 32.9 Å². The molecule has 1 aromatic heterocycles. The van der Waals surface area contributed by atoms with Gasteiger partial charge in [-0.15, -0.1) is 11.3 Å². The largest absolute Gasteiger partial charge is 0.465 e. The van der Waals surface area contributed by atoms with Gasteiger partial charge in [-0.05, 0) is 56.2 Å². The summed E-state index contributed by atoms with van der Waals surface area (Å²) in [4.78, 5) is 25.2. The Morgan fingerprint density at radius 1 is 1.13 bits per heavy atom. The van der Waals surface area contributed by atoms with Crippen LogP contribution in [0.1, 0.15) is 39.2 Å². The van der Waals surface area contributed by atoms with Gasteiger partial charge in [-0.3, -0.25) is 4.79 Å². The highest BCUT2D eigenvalue weighted by Crippen LogP contribution is 2.30. The van der Waals surface area contributed by atoms with E-state index in [4.69, 9.17) is 4.74 Å². The molecule has 1 aromatic carbocycles. The first-order valence-electron chi connectivity index (χ1n) is 9.69. The van der Waals surface area contributed by atoms with E-state index in [9.17, 15) is 18.0 Å². The summed E-state index contributed by atoms with van der Waals surface area (Å²) in [6.45, 7) is 6.13. The topological polar surface area (TPSA) is 92.8 Å². The summed E-state index contributed by atoms with van der Waals surface area (Å²) >= 11 is 1.20. The first-order valence-corrected chi connectivity index (χ1v) is 12.0. The molecule has 1 amide bonds. The number of piperidine rings is 1. The third kappa shape index (κ3) is 4.43. The van der Waals surface area contributed by atoms with E-state index in [2.05, 4.69) is 5.32 Å². The Bertz CT molecular complexity index is 1040. The van der Waals surface area contributed by atoms with Gasteiger partial charge in [-0.1, -0.05) is 17.7 Å². The van der Waals surface area contributed by atoms with Gasteiger partial charge < -0.3 is 10.1 Å².